The molecule has 1 aromatic rings. The summed E-state index contributed by atoms with van der Waals surface area (Å²) in [7, 11) is 0. The third kappa shape index (κ3) is 2.55. The Morgan fingerprint density at radius 2 is 2.27 bits per heavy atom. The number of Topliss-reactive ketones (excluding diaryl/α,β-unsaturated/α-hetero) is 1. The first kappa shape index (κ1) is 12.1. The summed E-state index contributed by atoms with van der Waals surface area (Å²) < 4.78 is 0.725. The monoisotopic (exact) mass is 333 g/mol. The van der Waals surface area contributed by atoms with E-state index in [2.05, 4.69) is 0 Å². The molecule has 0 unspecified atom stereocenters. The standard InChI is InChI=1S/C10H5ClINO2/c11-3-10(15)8-2-7(12)1-6(4-13)9(8)5-14/h1-2,5H,3H2. The fourth-order valence-electron chi connectivity index (χ4n) is 1.14. The van der Waals surface area contributed by atoms with Crippen molar-refractivity contribution in [3.63, 3.8) is 0 Å². The minimum atomic E-state index is -0.353. The van der Waals surface area contributed by atoms with Gasteiger partial charge in [-0.1, -0.05) is 0 Å². The molecule has 0 atom stereocenters. The highest BCUT2D eigenvalue weighted by Gasteiger charge is 2.14. The van der Waals surface area contributed by atoms with Crippen molar-refractivity contribution in [1.82, 2.24) is 0 Å². The number of alkyl halides is 1. The Hall–Kier alpha value is -0.930. The molecule has 76 valence electrons. The molecule has 0 heterocycles. The molecule has 0 aliphatic heterocycles. The molecule has 0 aliphatic rings. The summed E-state index contributed by atoms with van der Waals surface area (Å²) in [5, 5.41) is 8.80. The largest absolute Gasteiger partial charge is 0.298 e. The lowest BCUT2D eigenvalue weighted by atomic mass is 10.0. The molecular weight excluding hydrogens is 328 g/mol. The summed E-state index contributed by atoms with van der Waals surface area (Å²) in [6.07, 6.45) is 0.508. The van der Waals surface area contributed by atoms with Crippen LogP contribution in [0.15, 0.2) is 12.1 Å². The Kier molecular flexibility index (Phi) is 4.24. The number of ketones is 1. The highest BCUT2D eigenvalue weighted by Crippen LogP contribution is 2.18. The maximum Gasteiger partial charge on any atom is 0.178 e. The van der Waals surface area contributed by atoms with Gasteiger partial charge in [0, 0.05) is 14.7 Å². The van der Waals surface area contributed by atoms with Crippen LogP contribution >= 0.6 is 34.2 Å². The Morgan fingerprint density at radius 3 is 2.73 bits per heavy atom. The fourth-order valence-corrected chi connectivity index (χ4v) is 1.91. The molecule has 5 heteroatoms. The molecule has 0 aliphatic carbocycles. The maximum absolute atomic E-state index is 11.4. The molecule has 0 bridgehead atoms. The molecule has 0 aromatic heterocycles. The molecule has 1 aromatic carbocycles. The van der Waals surface area contributed by atoms with Gasteiger partial charge in [-0.2, -0.15) is 5.26 Å². The van der Waals surface area contributed by atoms with Crippen LogP contribution in [0, 0.1) is 14.9 Å². The van der Waals surface area contributed by atoms with Crippen molar-refractivity contribution in [2.45, 2.75) is 0 Å². The van der Waals surface area contributed by atoms with Gasteiger partial charge < -0.3 is 0 Å². The van der Waals surface area contributed by atoms with Crippen molar-refractivity contribution in [2.24, 2.45) is 0 Å². The molecular formula is C10H5ClINO2. The molecule has 0 spiro atoms. The van der Waals surface area contributed by atoms with Gasteiger partial charge in [-0.15, -0.1) is 11.6 Å². The zero-order chi connectivity index (χ0) is 11.4. The number of halogens is 2. The lowest BCUT2D eigenvalue weighted by Crippen LogP contribution is -2.07. The molecule has 0 saturated heterocycles. The van der Waals surface area contributed by atoms with Crippen LogP contribution in [0.1, 0.15) is 26.3 Å². The summed E-state index contributed by atoms with van der Waals surface area (Å²) >= 11 is 7.39. The first-order chi connectivity index (χ1) is 7.13. The highest BCUT2D eigenvalue weighted by atomic mass is 127. The minimum absolute atomic E-state index is 0.114. The first-order valence-corrected chi connectivity index (χ1v) is 5.53. The first-order valence-electron chi connectivity index (χ1n) is 3.92. The van der Waals surface area contributed by atoms with Crippen molar-refractivity contribution >= 4 is 46.3 Å². The maximum atomic E-state index is 11.4. The lowest BCUT2D eigenvalue weighted by Gasteiger charge is -2.04. The predicted molar refractivity (Wildman–Crippen MR) is 64.3 cm³/mol. The second-order valence-electron chi connectivity index (χ2n) is 2.70. The number of hydrogen-bond acceptors (Lipinski definition) is 3. The Balaban J connectivity index is 3.50. The number of benzene rings is 1. The Morgan fingerprint density at radius 1 is 1.60 bits per heavy atom. The quantitative estimate of drug-likeness (QED) is 0.369. The van der Waals surface area contributed by atoms with E-state index < -0.39 is 0 Å². The van der Waals surface area contributed by atoms with E-state index in [1.165, 1.54) is 0 Å². The molecule has 15 heavy (non-hydrogen) atoms. The van der Waals surface area contributed by atoms with E-state index in [0.29, 0.717) is 6.29 Å². The van der Waals surface area contributed by atoms with Crippen LogP contribution in [0.2, 0.25) is 0 Å². The molecule has 0 fully saturated rings. The van der Waals surface area contributed by atoms with Crippen LogP contribution in [0.5, 0.6) is 0 Å². The van der Waals surface area contributed by atoms with Gasteiger partial charge >= 0.3 is 0 Å². The summed E-state index contributed by atoms with van der Waals surface area (Å²) in [5.41, 5.74) is 0.525. The van der Waals surface area contributed by atoms with Crippen LogP contribution in [-0.2, 0) is 0 Å². The topological polar surface area (TPSA) is 57.9 Å². The number of carbonyl (C=O) groups is 2. The number of aldehydes is 1. The van der Waals surface area contributed by atoms with E-state index >= 15 is 0 Å². The van der Waals surface area contributed by atoms with Gasteiger partial charge in [-0.3, -0.25) is 9.59 Å². The van der Waals surface area contributed by atoms with Crippen molar-refractivity contribution in [1.29, 1.82) is 5.26 Å². The van der Waals surface area contributed by atoms with Crippen molar-refractivity contribution < 1.29 is 9.59 Å². The van der Waals surface area contributed by atoms with Crippen molar-refractivity contribution in [3.8, 4) is 6.07 Å². The minimum Gasteiger partial charge on any atom is -0.298 e. The summed E-state index contributed by atoms with van der Waals surface area (Å²) in [6, 6.07) is 4.98. The van der Waals surface area contributed by atoms with Gasteiger partial charge in [0.2, 0.25) is 0 Å². The van der Waals surface area contributed by atoms with E-state index in [0.717, 1.165) is 3.57 Å². The average Bonchev–Trinajstić information content (AvgIpc) is 2.26. The summed E-state index contributed by atoms with van der Waals surface area (Å²) in [6.45, 7) is 0. The van der Waals surface area contributed by atoms with E-state index in [1.54, 1.807) is 12.1 Å². The normalized spacial score (nSPS) is 9.40. The van der Waals surface area contributed by atoms with E-state index in [4.69, 9.17) is 16.9 Å². The predicted octanol–water partition coefficient (Wildman–Crippen LogP) is 2.40. The summed E-state index contributed by atoms with van der Waals surface area (Å²) in [4.78, 5) is 22.2. The molecule has 3 nitrogen and oxygen atoms in total. The van der Waals surface area contributed by atoms with Crippen molar-refractivity contribution in [3.05, 3.63) is 32.4 Å². The number of nitrogens with zero attached hydrogens (tertiary/aromatic N) is 1. The van der Waals surface area contributed by atoms with Gasteiger partial charge in [0.15, 0.2) is 12.1 Å². The second kappa shape index (κ2) is 5.24. The van der Waals surface area contributed by atoms with Crippen LogP contribution in [0.25, 0.3) is 0 Å². The van der Waals surface area contributed by atoms with Gasteiger partial charge in [0.1, 0.15) is 0 Å². The van der Waals surface area contributed by atoms with Crippen LogP contribution in [-0.4, -0.2) is 17.9 Å². The molecule has 0 N–H and O–H groups in total. The molecule has 1 rings (SSSR count). The van der Waals surface area contributed by atoms with E-state index in [-0.39, 0.29) is 28.4 Å². The highest BCUT2D eigenvalue weighted by molar-refractivity contribution is 14.1. The zero-order valence-electron chi connectivity index (χ0n) is 7.46. The van der Waals surface area contributed by atoms with E-state index in [9.17, 15) is 9.59 Å². The SMILES string of the molecule is N#Cc1cc(I)cc(C(=O)CCl)c1C=O. The molecule has 0 saturated carbocycles. The molecule has 0 radical (unpaired) electrons. The van der Waals surface area contributed by atoms with Gasteiger partial charge in [-0.05, 0) is 34.7 Å². The third-order valence-corrected chi connectivity index (χ3v) is 2.67. The lowest BCUT2D eigenvalue weighted by molar-refractivity contribution is 0.101. The Bertz CT molecular complexity index is 465. The fraction of sp³-hybridized carbons (Fsp3) is 0.100. The van der Waals surface area contributed by atoms with Gasteiger partial charge in [0.25, 0.3) is 0 Å². The Labute approximate surface area is 105 Å². The zero-order valence-corrected chi connectivity index (χ0v) is 10.4. The van der Waals surface area contributed by atoms with Gasteiger partial charge in [-0.25, -0.2) is 0 Å². The number of carbonyl (C=O) groups excluding carboxylic acids is 2. The second-order valence-corrected chi connectivity index (χ2v) is 4.21. The summed E-state index contributed by atoms with van der Waals surface area (Å²) in [5.74, 6) is -0.556. The average molecular weight is 334 g/mol. The van der Waals surface area contributed by atoms with Crippen LogP contribution in [0.4, 0.5) is 0 Å². The third-order valence-electron chi connectivity index (χ3n) is 1.80. The van der Waals surface area contributed by atoms with Crippen LogP contribution < -0.4 is 0 Å². The number of nitriles is 1. The van der Waals surface area contributed by atoms with E-state index in [1.807, 2.05) is 28.7 Å². The van der Waals surface area contributed by atoms with Crippen molar-refractivity contribution in [2.75, 3.05) is 5.88 Å². The van der Waals surface area contributed by atoms with Gasteiger partial charge in [0.05, 0.1) is 17.5 Å². The molecule has 0 amide bonds. The van der Waals surface area contributed by atoms with Crippen LogP contribution in [0.3, 0.4) is 0 Å². The number of hydrogen-bond donors (Lipinski definition) is 0. The number of rotatable bonds is 3. The smallest absolute Gasteiger partial charge is 0.178 e.